The molecule has 0 radical (unpaired) electrons. The summed E-state index contributed by atoms with van der Waals surface area (Å²) in [6.45, 7) is 0. The zero-order valence-electron chi connectivity index (χ0n) is 26.1. The van der Waals surface area contributed by atoms with Crippen molar-refractivity contribution in [1.29, 1.82) is 0 Å². The molecule has 3 aliphatic carbocycles. The van der Waals surface area contributed by atoms with E-state index < -0.39 is 18.0 Å². The minimum atomic E-state index is -3.92. The van der Waals surface area contributed by atoms with Crippen molar-refractivity contribution >= 4 is 37.0 Å². The number of rotatable bonds is 4. The van der Waals surface area contributed by atoms with Gasteiger partial charge in [0.2, 0.25) is 0 Å². The van der Waals surface area contributed by atoms with Crippen molar-refractivity contribution in [3.8, 4) is 22.3 Å². The number of hydrogen-bond acceptors (Lipinski definition) is 0. The second-order valence-electron chi connectivity index (χ2n) is 14.4. The van der Waals surface area contributed by atoms with Crippen LogP contribution in [0.25, 0.3) is 56.0 Å². The van der Waals surface area contributed by atoms with Crippen LogP contribution < -0.4 is 0 Å². The van der Waals surface area contributed by atoms with Gasteiger partial charge in [-0.1, -0.05) is 0 Å². The maximum atomic E-state index is 2.81. The van der Waals surface area contributed by atoms with Gasteiger partial charge in [-0.15, -0.1) is 0 Å². The van der Waals surface area contributed by atoms with Gasteiger partial charge in [-0.25, -0.2) is 0 Å². The van der Waals surface area contributed by atoms with E-state index in [1.807, 2.05) is 3.26 Å². The average Bonchev–Trinajstić information content (AvgIpc) is 3.70. The zero-order chi connectivity index (χ0) is 30.2. The van der Waals surface area contributed by atoms with E-state index in [2.05, 4.69) is 155 Å². The molecule has 6 aromatic carbocycles. The maximum absolute atomic E-state index is 3.92. The quantitative estimate of drug-likeness (QED) is 0.158. The topological polar surface area (TPSA) is 0 Å². The van der Waals surface area contributed by atoms with Gasteiger partial charge in [0, 0.05) is 0 Å². The fourth-order valence-electron chi connectivity index (χ4n) is 9.39. The van der Waals surface area contributed by atoms with E-state index in [-0.39, 0.29) is 0 Å². The van der Waals surface area contributed by atoms with Crippen molar-refractivity contribution in [2.24, 2.45) is 0 Å². The predicted molar refractivity (Wildman–Crippen MR) is 193 cm³/mol. The molecule has 0 spiro atoms. The Kier molecular flexibility index (Phi) is 6.10. The van der Waals surface area contributed by atoms with Crippen LogP contribution in [0.1, 0.15) is 48.9 Å². The Balaban J connectivity index is 1.22. The molecule has 0 N–H and O–H groups in total. The van der Waals surface area contributed by atoms with Gasteiger partial charge in [0.25, 0.3) is 0 Å². The summed E-state index contributed by atoms with van der Waals surface area (Å²) in [6, 6.07) is 45.5. The molecule has 2 unspecified atom stereocenters. The van der Waals surface area contributed by atoms with Crippen molar-refractivity contribution in [2.75, 3.05) is 0 Å². The summed E-state index contributed by atoms with van der Waals surface area (Å²) in [5.74, 6) is 0. The van der Waals surface area contributed by atoms with Crippen LogP contribution >= 0.6 is 0 Å². The van der Waals surface area contributed by atoms with Crippen LogP contribution in [0.5, 0.6) is 0 Å². The molecule has 2 atom stereocenters. The van der Waals surface area contributed by atoms with Gasteiger partial charge in [-0.05, 0) is 0 Å². The van der Waals surface area contributed by atoms with Gasteiger partial charge in [0.05, 0.1) is 0 Å². The summed E-state index contributed by atoms with van der Waals surface area (Å²) in [4.78, 5) is 0. The second kappa shape index (κ2) is 10.0. The summed E-state index contributed by atoms with van der Waals surface area (Å²) in [5, 5.41) is 5.29. The van der Waals surface area contributed by atoms with Crippen LogP contribution in [0.3, 0.4) is 0 Å². The predicted octanol–water partition coefficient (Wildman–Crippen LogP) is 12.3. The van der Waals surface area contributed by atoms with Gasteiger partial charge < -0.3 is 0 Å². The van der Waals surface area contributed by atoms with Crippen LogP contribution in [0.2, 0.25) is 9.36 Å². The van der Waals surface area contributed by atoms with Crippen molar-refractivity contribution < 1.29 is 18.0 Å². The van der Waals surface area contributed by atoms with E-state index in [0.717, 1.165) is 0 Å². The van der Waals surface area contributed by atoms with Crippen LogP contribution in [0.4, 0.5) is 0 Å². The van der Waals surface area contributed by atoms with Crippen molar-refractivity contribution in [3.05, 3.63) is 156 Å². The molecule has 218 valence electrons. The molecule has 1 fully saturated rings. The molecule has 1 heteroatoms. The Hall–Kier alpha value is -3.94. The molecule has 45 heavy (non-hydrogen) atoms. The minimum absolute atomic E-state index is 0.504. The van der Waals surface area contributed by atoms with E-state index in [1.54, 1.807) is 11.1 Å². The molecular weight excluding hydrogens is 707 g/mol. The molecule has 0 heterocycles. The summed E-state index contributed by atoms with van der Waals surface area (Å²) < 4.78 is 8.57. The van der Waals surface area contributed by atoms with Crippen LogP contribution in [0, 0.1) is 0 Å². The Labute approximate surface area is 267 Å². The Morgan fingerprint density at radius 3 is 1.36 bits per heavy atom. The summed E-state index contributed by atoms with van der Waals surface area (Å²) in [5.41, 5.74) is 11.5. The Morgan fingerprint density at radius 2 is 0.889 bits per heavy atom. The third kappa shape index (κ3) is 3.89. The van der Waals surface area contributed by atoms with E-state index in [0.29, 0.717) is 7.35 Å². The third-order valence-corrected chi connectivity index (χ3v) is 39.2. The van der Waals surface area contributed by atoms with Gasteiger partial charge in [-0.3, -0.25) is 0 Å². The molecule has 0 bridgehead atoms. The summed E-state index contributed by atoms with van der Waals surface area (Å²) in [6.07, 6.45) is 14.2. The van der Waals surface area contributed by atoms with Gasteiger partial charge in [0.1, 0.15) is 0 Å². The summed E-state index contributed by atoms with van der Waals surface area (Å²) in [7, 11) is 0. The van der Waals surface area contributed by atoms with Crippen molar-refractivity contribution in [1.82, 2.24) is 0 Å². The monoisotopic (exact) mass is 746 g/mol. The fourth-order valence-corrected chi connectivity index (χ4v) is 34.5. The first-order valence-electron chi connectivity index (χ1n) is 16.7. The molecule has 9 rings (SSSR count). The standard InChI is InChI=1S/2C19H13.C4H6.2CH3.Hf/c2*1-2-10-16-14(6-1)8-4-12-18(16)19-13-5-9-15-7-3-11-17(15)19;1-2-4-3-1;;;/h2*1-13H;1-3H2;2*1H3;. The first-order chi connectivity index (χ1) is 22.0. The van der Waals surface area contributed by atoms with Crippen molar-refractivity contribution in [3.63, 3.8) is 0 Å². The first kappa shape index (κ1) is 27.4. The number of hydrogen-bond donors (Lipinski definition) is 0. The molecule has 0 amide bonds. The molecule has 0 saturated heterocycles. The molecule has 0 aromatic heterocycles. The fraction of sp³-hybridized carbons (Fsp3) is 0.159. The number of allylic oxidation sites excluding steroid dienone is 2. The van der Waals surface area contributed by atoms with Crippen LogP contribution in [-0.4, -0.2) is 3.26 Å². The van der Waals surface area contributed by atoms with Gasteiger partial charge >= 0.3 is 269 Å². The van der Waals surface area contributed by atoms with Gasteiger partial charge in [0.15, 0.2) is 0 Å². The molecular formula is C44H38Hf. The number of benzene rings is 6. The molecule has 6 aromatic rings. The van der Waals surface area contributed by atoms with E-state index in [1.165, 1.54) is 74.2 Å². The Bertz CT molecular complexity index is 2150. The van der Waals surface area contributed by atoms with Crippen LogP contribution in [-0.2, 0) is 18.0 Å². The van der Waals surface area contributed by atoms with Crippen molar-refractivity contribution in [2.45, 2.75) is 36.0 Å². The zero-order valence-corrected chi connectivity index (χ0v) is 29.7. The molecule has 3 aliphatic rings. The van der Waals surface area contributed by atoms with Gasteiger partial charge in [-0.2, -0.15) is 0 Å². The Morgan fingerprint density at radius 1 is 0.467 bits per heavy atom. The SMILES string of the molecule is [CH3][Hf]([CH3])(=[C]1CCC1)([CH]1C=Cc2c(-c3cccc4ccccc34)cccc21)[CH]1C=Cc2c(-c3cccc4ccccc34)cccc21. The van der Waals surface area contributed by atoms with E-state index >= 15 is 0 Å². The summed E-state index contributed by atoms with van der Waals surface area (Å²) >= 11 is -3.92. The normalized spacial score (nSPS) is 18.8. The average molecular weight is 745 g/mol. The molecule has 1 saturated carbocycles. The molecule has 0 nitrogen and oxygen atoms in total. The molecule has 0 aliphatic heterocycles. The van der Waals surface area contributed by atoms with Crippen LogP contribution in [0.15, 0.2) is 133 Å². The third-order valence-electron chi connectivity index (χ3n) is 12.0. The van der Waals surface area contributed by atoms with E-state index in [4.69, 9.17) is 0 Å². The first-order valence-corrected chi connectivity index (χ1v) is 29.8. The number of fused-ring (bicyclic) bond motifs is 4. The van der Waals surface area contributed by atoms with E-state index in [9.17, 15) is 0 Å². The second-order valence-corrected chi connectivity index (χ2v) is 40.2.